The van der Waals surface area contributed by atoms with E-state index in [2.05, 4.69) is 53.3 Å². The Morgan fingerprint density at radius 2 is 2.11 bits per heavy atom. The molecule has 0 saturated carbocycles. The summed E-state index contributed by atoms with van der Waals surface area (Å²) in [7, 11) is 0. The average Bonchev–Trinajstić information content (AvgIpc) is 2.62. The molecule has 0 aromatic carbocycles. The number of hydrogen-bond donors (Lipinski definition) is 1. The number of halogens is 1. The van der Waals surface area contributed by atoms with Crippen LogP contribution in [-0.2, 0) is 11.5 Å². The molecular weight excluding hydrogens is 355 g/mol. The standard InChI is InChI=1S/C13H19IN4O/c1-13(2,3)4-5-19-8-18-6-9(14)10-11(15)16-7-17-12(10)18/h6-7H,4-5,8H2,1-3H3,(H2,15,16,17). The maximum Gasteiger partial charge on any atom is 0.148 e. The lowest BCUT2D eigenvalue weighted by Crippen LogP contribution is -2.11. The van der Waals surface area contributed by atoms with Crippen molar-refractivity contribution >= 4 is 39.4 Å². The molecule has 0 unspecified atom stereocenters. The zero-order valence-corrected chi connectivity index (χ0v) is 13.6. The molecule has 0 amide bonds. The molecule has 0 aliphatic rings. The smallest absolute Gasteiger partial charge is 0.148 e. The summed E-state index contributed by atoms with van der Waals surface area (Å²) >= 11 is 2.24. The second-order valence-electron chi connectivity index (χ2n) is 5.75. The van der Waals surface area contributed by atoms with Crippen LogP contribution in [0.2, 0.25) is 0 Å². The van der Waals surface area contributed by atoms with Gasteiger partial charge in [-0.2, -0.15) is 0 Å². The Morgan fingerprint density at radius 3 is 2.79 bits per heavy atom. The van der Waals surface area contributed by atoms with E-state index in [0.717, 1.165) is 27.6 Å². The number of nitrogen functional groups attached to an aromatic ring is 1. The minimum absolute atomic E-state index is 0.291. The summed E-state index contributed by atoms with van der Waals surface area (Å²) in [5.41, 5.74) is 6.99. The minimum Gasteiger partial charge on any atom is -0.383 e. The molecule has 0 aliphatic heterocycles. The summed E-state index contributed by atoms with van der Waals surface area (Å²) in [6, 6.07) is 0. The SMILES string of the molecule is CC(C)(C)CCOCn1cc(I)c2c(N)ncnc21. The van der Waals surface area contributed by atoms with E-state index in [-0.39, 0.29) is 0 Å². The van der Waals surface area contributed by atoms with Gasteiger partial charge >= 0.3 is 0 Å². The van der Waals surface area contributed by atoms with Crippen LogP contribution in [0.5, 0.6) is 0 Å². The molecule has 2 aromatic heterocycles. The molecule has 0 bridgehead atoms. The largest absolute Gasteiger partial charge is 0.383 e. The van der Waals surface area contributed by atoms with Gasteiger partial charge in [0.1, 0.15) is 24.5 Å². The van der Waals surface area contributed by atoms with Gasteiger partial charge in [0.25, 0.3) is 0 Å². The summed E-state index contributed by atoms with van der Waals surface area (Å²) in [5.74, 6) is 0.517. The normalized spacial score (nSPS) is 12.2. The van der Waals surface area contributed by atoms with Crippen LogP contribution in [-0.4, -0.2) is 21.1 Å². The Bertz CT molecular complexity index is 574. The first kappa shape index (κ1) is 14.5. The van der Waals surface area contributed by atoms with Gasteiger partial charge in [-0.15, -0.1) is 0 Å². The highest BCUT2D eigenvalue weighted by Crippen LogP contribution is 2.25. The Morgan fingerprint density at radius 1 is 1.37 bits per heavy atom. The zero-order valence-electron chi connectivity index (χ0n) is 11.5. The second-order valence-corrected chi connectivity index (χ2v) is 6.91. The minimum atomic E-state index is 0.291. The van der Waals surface area contributed by atoms with E-state index in [1.807, 2.05) is 10.8 Å². The monoisotopic (exact) mass is 374 g/mol. The molecule has 2 aromatic rings. The predicted molar refractivity (Wildman–Crippen MR) is 84.7 cm³/mol. The molecule has 104 valence electrons. The number of nitrogens with zero attached hydrogens (tertiary/aromatic N) is 3. The van der Waals surface area contributed by atoms with Crippen LogP contribution in [0.25, 0.3) is 11.0 Å². The molecule has 0 fully saturated rings. The number of ether oxygens (including phenoxy) is 1. The summed E-state index contributed by atoms with van der Waals surface area (Å²) in [4.78, 5) is 8.30. The Labute approximate surface area is 126 Å². The second kappa shape index (κ2) is 5.62. The van der Waals surface area contributed by atoms with Crippen molar-refractivity contribution < 1.29 is 4.74 Å². The van der Waals surface area contributed by atoms with Crippen molar-refractivity contribution in [2.75, 3.05) is 12.3 Å². The third-order valence-corrected chi connectivity index (χ3v) is 3.68. The van der Waals surface area contributed by atoms with Gasteiger partial charge in [0.05, 0.1) is 5.39 Å². The first-order valence-corrected chi connectivity index (χ1v) is 7.29. The fraction of sp³-hybridized carbons (Fsp3) is 0.538. The summed E-state index contributed by atoms with van der Waals surface area (Å²) in [6.45, 7) is 7.85. The number of fused-ring (bicyclic) bond motifs is 1. The Kier molecular flexibility index (Phi) is 4.29. The molecule has 2 heterocycles. The van der Waals surface area contributed by atoms with Crippen molar-refractivity contribution in [1.82, 2.24) is 14.5 Å². The molecule has 19 heavy (non-hydrogen) atoms. The third-order valence-electron chi connectivity index (χ3n) is 2.86. The van der Waals surface area contributed by atoms with Crippen molar-refractivity contribution in [1.29, 1.82) is 0 Å². The molecule has 0 atom stereocenters. The van der Waals surface area contributed by atoms with Crippen molar-refractivity contribution in [3.05, 3.63) is 16.1 Å². The fourth-order valence-corrected chi connectivity index (χ4v) is 2.59. The molecule has 2 N–H and O–H groups in total. The van der Waals surface area contributed by atoms with Gasteiger partial charge in [0, 0.05) is 16.4 Å². The molecule has 0 radical (unpaired) electrons. The number of anilines is 1. The maximum absolute atomic E-state index is 5.87. The lowest BCUT2D eigenvalue weighted by Gasteiger charge is -2.17. The predicted octanol–water partition coefficient (Wildman–Crippen LogP) is 3.03. The van der Waals surface area contributed by atoms with Crippen molar-refractivity contribution in [2.45, 2.75) is 33.9 Å². The van der Waals surface area contributed by atoms with E-state index < -0.39 is 0 Å². The summed E-state index contributed by atoms with van der Waals surface area (Å²) in [5, 5.41) is 0.905. The van der Waals surface area contributed by atoms with E-state index in [9.17, 15) is 0 Å². The van der Waals surface area contributed by atoms with Crippen molar-refractivity contribution in [3.63, 3.8) is 0 Å². The van der Waals surface area contributed by atoms with E-state index in [1.54, 1.807) is 0 Å². The van der Waals surface area contributed by atoms with Crippen LogP contribution < -0.4 is 5.73 Å². The van der Waals surface area contributed by atoms with Crippen LogP contribution in [0, 0.1) is 8.99 Å². The highest BCUT2D eigenvalue weighted by Gasteiger charge is 2.12. The van der Waals surface area contributed by atoms with Crippen LogP contribution in [0.15, 0.2) is 12.5 Å². The summed E-state index contributed by atoms with van der Waals surface area (Å²) in [6.07, 6.45) is 4.51. The van der Waals surface area contributed by atoms with E-state index in [0.29, 0.717) is 18.0 Å². The number of rotatable bonds is 4. The highest BCUT2D eigenvalue weighted by atomic mass is 127. The average molecular weight is 374 g/mol. The van der Waals surface area contributed by atoms with E-state index >= 15 is 0 Å². The van der Waals surface area contributed by atoms with Crippen LogP contribution in [0.3, 0.4) is 0 Å². The lowest BCUT2D eigenvalue weighted by atomic mass is 9.93. The Hall–Kier alpha value is -0.890. The molecule has 0 spiro atoms. The van der Waals surface area contributed by atoms with Crippen LogP contribution in [0.4, 0.5) is 5.82 Å². The Balaban J connectivity index is 2.08. The topological polar surface area (TPSA) is 66.0 Å². The van der Waals surface area contributed by atoms with Gasteiger partial charge in [0.2, 0.25) is 0 Å². The van der Waals surface area contributed by atoms with Gasteiger partial charge in [-0.1, -0.05) is 20.8 Å². The molecule has 2 rings (SSSR count). The fourth-order valence-electron chi connectivity index (χ4n) is 1.74. The van der Waals surface area contributed by atoms with Crippen molar-refractivity contribution in [3.8, 4) is 0 Å². The summed E-state index contributed by atoms with van der Waals surface area (Å²) < 4.78 is 8.73. The lowest BCUT2D eigenvalue weighted by molar-refractivity contribution is 0.0609. The van der Waals surface area contributed by atoms with Crippen molar-refractivity contribution in [2.24, 2.45) is 5.41 Å². The van der Waals surface area contributed by atoms with E-state index in [1.165, 1.54) is 6.33 Å². The van der Waals surface area contributed by atoms with Gasteiger partial charge in [0.15, 0.2) is 0 Å². The first-order valence-electron chi connectivity index (χ1n) is 6.21. The maximum atomic E-state index is 5.87. The van der Waals surface area contributed by atoms with Crippen LogP contribution >= 0.6 is 22.6 Å². The van der Waals surface area contributed by atoms with Gasteiger partial charge in [-0.05, 0) is 34.4 Å². The molecular formula is C13H19IN4O. The van der Waals surface area contributed by atoms with Gasteiger partial charge in [-0.25, -0.2) is 9.97 Å². The highest BCUT2D eigenvalue weighted by molar-refractivity contribution is 14.1. The molecule has 5 nitrogen and oxygen atoms in total. The molecule has 0 saturated heterocycles. The third kappa shape index (κ3) is 3.56. The number of nitrogens with two attached hydrogens (primary N) is 1. The number of hydrogen-bond acceptors (Lipinski definition) is 4. The number of aromatic nitrogens is 3. The molecule has 6 heteroatoms. The molecule has 0 aliphatic carbocycles. The quantitative estimate of drug-likeness (QED) is 0.660. The van der Waals surface area contributed by atoms with E-state index in [4.69, 9.17) is 10.5 Å². The van der Waals surface area contributed by atoms with Crippen LogP contribution in [0.1, 0.15) is 27.2 Å². The van der Waals surface area contributed by atoms with Gasteiger partial charge < -0.3 is 15.0 Å². The van der Waals surface area contributed by atoms with Gasteiger partial charge in [-0.3, -0.25) is 0 Å². The first-order chi connectivity index (χ1) is 8.88. The zero-order chi connectivity index (χ0) is 14.0.